The van der Waals surface area contributed by atoms with Crippen molar-refractivity contribution in [3.05, 3.63) is 76.7 Å². The lowest BCUT2D eigenvalue weighted by Gasteiger charge is -2.71. The molecule has 0 radical (unpaired) electrons. The van der Waals surface area contributed by atoms with Crippen LogP contribution in [-0.2, 0) is 16.2 Å². The first-order valence-corrected chi connectivity index (χ1v) is 23.3. The molecule has 7 saturated carbocycles. The summed E-state index contributed by atoms with van der Waals surface area (Å²) in [6.07, 6.45) is 12.0. The number of alkyl halides is 3. The summed E-state index contributed by atoms with van der Waals surface area (Å²) in [5.74, 6) is 1.17. The molecular formula is C45H54F3NO5S2. The maximum Gasteiger partial charge on any atom is 0.416 e. The first kappa shape index (κ1) is 37.9. The maximum absolute atomic E-state index is 14.9. The Kier molecular flexibility index (Phi) is 8.22. The van der Waals surface area contributed by atoms with Gasteiger partial charge in [-0.25, -0.2) is 8.42 Å². The number of Topliss-reactive ketones (excluding diaryl/α,β-unsaturated/α-hetero) is 1. The molecule has 1 heterocycles. The molecule has 12 rings (SSSR count). The highest BCUT2D eigenvalue weighted by Gasteiger charge is 2.75. The van der Waals surface area contributed by atoms with Crippen molar-refractivity contribution < 1.29 is 36.6 Å². The van der Waals surface area contributed by atoms with E-state index in [0.717, 1.165) is 37.8 Å². The SMILES string of the molecule is CC12CCC(O)CC13C=CC1(C(C(=O)c4cccc(C(F)(F)F)c4)=C3)C2CCC2(C)C1CCC2(O)CN(CC12CC3CC(CC(C3)C1)C2)S(=O)(=O)c1cccs1. The lowest BCUT2D eigenvalue weighted by Crippen LogP contribution is -2.67. The maximum atomic E-state index is 14.9. The van der Waals surface area contributed by atoms with Gasteiger partial charge in [0.25, 0.3) is 10.0 Å². The van der Waals surface area contributed by atoms with Gasteiger partial charge in [0.05, 0.1) is 17.3 Å². The summed E-state index contributed by atoms with van der Waals surface area (Å²) < 4.78 is 73.4. The average Bonchev–Trinajstić information content (AvgIpc) is 3.77. The highest BCUT2D eigenvalue weighted by molar-refractivity contribution is 7.91. The van der Waals surface area contributed by atoms with Gasteiger partial charge < -0.3 is 10.2 Å². The van der Waals surface area contributed by atoms with Crippen LogP contribution in [0.25, 0.3) is 0 Å². The van der Waals surface area contributed by atoms with Crippen LogP contribution in [0.15, 0.2) is 69.8 Å². The Labute approximate surface area is 332 Å². The van der Waals surface area contributed by atoms with Crippen LogP contribution in [0.3, 0.4) is 0 Å². The first-order chi connectivity index (χ1) is 26.4. The predicted octanol–water partition coefficient (Wildman–Crippen LogP) is 9.45. The fourth-order valence-corrected chi connectivity index (χ4v) is 18.3. The number of hydrogen-bond acceptors (Lipinski definition) is 6. The van der Waals surface area contributed by atoms with Crippen molar-refractivity contribution in [3.63, 3.8) is 0 Å². The number of hydrogen-bond donors (Lipinski definition) is 2. The lowest BCUT2D eigenvalue weighted by atomic mass is 9.32. The van der Waals surface area contributed by atoms with Crippen molar-refractivity contribution in [3.8, 4) is 0 Å². The van der Waals surface area contributed by atoms with E-state index in [1.807, 2.05) is 6.08 Å². The van der Waals surface area contributed by atoms with Gasteiger partial charge in [-0.05, 0) is 147 Å². The molecule has 2 aromatic rings. The molecule has 2 N–H and O–H groups in total. The van der Waals surface area contributed by atoms with Gasteiger partial charge in [-0.15, -0.1) is 11.3 Å². The molecule has 6 nitrogen and oxygen atoms in total. The van der Waals surface area contributed by atoms with Crippen LogP contribution >= 0.6 is 11.3 Å². The smallest absolute Gasteiger partial charge is 0.393 e. The predicted molar refractivity (Wildman–Crippen MR) is 208 cm³/mol. The third-order valence-electron chi connectivity index (χ3n) is 17.6. The Morgan fingerprint density at radius 2 is 1.54 bits per heavy atom. The molecule has 8 atom stereocenters. The second-order valence-electron chi connectivity index (χ2n) is 20.3. The van der Waals surface area contributed by atoms with Crippen LogP contribution in [0.2, 0.25) is 0 Å². The van der Waals surface area contributed by atoms with E-state index >= 15 is 0 Å². The molecule has 1 aromatic carbocycles. The number of nitrogens with zero attached hydrogens (tertiary/aromatic N) is 1. The van der Waals surface area contributed by atoms with Crippen molar-refractivity contribution in [1.29, 1.82) is 0 Å². The molecule has 7 fully saturated rings. The zero-order valence-corrected chi connectivity index (χ0v) is 34.0. The van der Waals surface area contributed by atoms with Gasteiger partial charge >= 0.3 is 6.18 Å². The van der Waals surface area contributed by atoms with Crippen molar-refractivity contribution in [2.24, 2.45) is 56.7 Å². The van der Waals surface area contributed by atoms with E-state index in [4.69, 9.17) is 0 Å². The zero-order valence-electron chi connectivity index (χ0n) is 32.4. The Morgan fingerprint density at radius 1 is 0.875 bits per heavy atom. The number of halogens is 3. The Balaban J connectivity index is 1.06. The van der Waals surface area contributed by atoms with Crippen LogP contribution in [0.4, 0.5) is 13.2 Å². The number of carbonyl (C=O) groups is 1. The van der Waals surface area contributed by atoms with E-state index in [-0.39, 0.29) is 39.0 Å². The number of carbonyl (C=O) groups excluding carboxylic acids is 1. The molecular weight excluding hydrogens is 756 g/mol. The summed E-state index contributed by atoms with van der Waals surface area (Å²) in [5, 5.41) is 26.1. The van der Waals surface area contributed by atoms with Crippen LogP contribution in [0.5, 0.6) is 0 Å². The fraction of sp³-hybridized carbons (Fsp3) is 0.667. The minimum atomic E-state index is -4.61. The number of sulfonamides is 1. The van der Waals surface area contributed by atoms with E-state index in [1.54, 1.807) is 21.8 Å². The molecule has 10 aliphatic carbocycles. The van der Waals surface area contributed by atoms with Crippen LogP contribution in [0, 0.1) is 56.7 Å². The van der Waals surface area contributed by atoms with Crippen molar-refractivity contribution in [2.45, 2.75) is 119 Å². The summed E-state index contributed by atoms with van der Waals surface area (Å²) in [4.78, 5) is 14.9. The molecule has 0 saturated heterocycles. The number of aliphatic hydroxyl groups excluding tert-OH is 1. The van der Waals surface area contributed by atoms with E-state index in [0.29, 0.717) is 68.4 Å². The molecule has 6 bridgehead atoms. The van der Waals surface area contributed by atoms with Gasteiger partial charge in [0.2, 0.25) is 0 Å². The second kappa shape index (κ2) is 12.1. The molecule has 302 valence electrons. The summed E-state index contributed by atoms with van der Waals surface area (Å²) in [6, 6.07) is 8.13. The number of thiophene rings is 1. The molecule has 11 heteroatoms. The first-order valence-electron chi connectivity index (χ1n) is 21.0. The monoisotopic (exact) mass is 809 g/mol. The van der Waals surface area contributed by atoms with E-state index in [9.17, 15) is 36.6 Å². The zero-order chi connectivity index (χ0) is 39.3. The van der Waals surface area contributed by atoms with Gasteiger partial charge in [0.15, 0.2) is 5.78 Å². The number of fused-ring (bicyclic) bond motifs is 1. The molecule has 1 aromatic heterocycles. The third kappa shape index (κ3) is 5.14. The Bertz CT molecular complexity index is 2100. The topological polar surface area (TPSA) is 94.9 Å². The molecule has 0 aliphatic heterocycles. The number of aliphatic hydroxyl groups is 2. The minimum Gasteiger partial charge on any atom is -0.393 e. The number of allylic oxidation sites excluding steroid dienone is 4. The highest BCUT2D eigenvalue weighted by atomic mass is 32.2. The number of benzene rings is 1. The van der Waals surface area contributed by atoms with Gasteiger partial charge in [0, 0.05) is 40.5 Å². The summed E-state index contributed by atoms with van der Waals surface area (Å²) in [7, 11) is -3.94. The summed E-state index contributed by atoms with van der Waals surface area (Å²) in [5.41, 5.74) is -4.53. The average molecular weight is 810 g/mol. The molecule has 2 spiro atoms. The number of ketones is 1. The van der Waals surface area contributed by atoms with E-state index in [2.05, 4.69) is 26.0 Å². The van der Waals surface area contributed by atoms with Crippen LogP contribution < -0.4 is 0 Å². The largest absolute Gasteiger partial charge is 0.416 e. The van der Waals surface area contributed by atoms with Crippen LogP contribution in [-0.4, -0.2) is 53.5 Å². The van der Waals surface area contributed by atoms with Gasteiger partial charge in [-0.2, -0.15) is 17.5 Å². The van der Waals surface area contributed by atoms with Gasteiger partial charge in [-0.1, -0.05) is 50.3 Å². The van der Waals surface area contributed by atoms with Crippen LogP contribution in [0.1, 0.15) is 113 Å². The normalized spacial score (nSPS) is 44.8. The van der Waals surface area contributed by atoms with E-state index < -0.39 is 55.5 Å². The Hall–Kier alpha value is -2.31. The Morgan fingerprint density at radius 3 is 2.20 bits per heavy atom. The van der Waals surface area contributed by atoms with Crippen molar-refractivity contribution in [1.82, 2.24) is 4.31 Å². The lowest BCUT2D eigenvalue weighted by molar-refractivity contribution is -0.175. The molecule has 8 unspecified atom stereocenters. The van der Waals surface area contributed by atoms with Crippen molar-refractivity contribution >= 4 is 27.1 Å². The summed E-state index contributed by atoms with van der Waals surface area (Å²) in [6.45, 7) is 4.74. The minimum absolute atomic E-state index is 0.0149. The standard InChI is InChI=1S/C45H54F3NO5S2/c1-39-11-8-33(50)24-42(39)14-15-44(34(25-42)38(51)31-5-3-6-32(20-31)45(46,47)48)35(39)9-12-40(2)36(44)10-13-43(40,52)27-49(56(53,54)37-7-4-16-55-37)26-41-21-28-17-29(22-41)19-30(18-28)23-41/h3-7,14-16,20,25,28-30,33,35-36,50,52H,8-13,17-19,21-24,26-27H2,1-2H3. The fourth-order valence-electron chi connectivity index (χ4n) is 15.5. The molecule has 56 heavy (non-hydrogen) atoms. The molecule has 10 aliphatic rings. The molecule has 0 amide bonds. The van der Waals surface area contributed by atoms with Gasteiger partial charge in [-0.3, -0.25) is 4.79 Å². The quantitative estimate of drug-likeness (QED) is 0.205. The van der Waals surface area contributed by atoms with E-state index in [1.165, 1.54) is 42.7 Å². The number of rotatable bonds is 8. The van der Waals surface area contributed by atoms with Crippen molar-refractivity contribution in [2.75, 3.05) is 13.1 Å². The third-order valence-corrected chi connectivity index (χ3v) is 20.8. The summed E-state index contributed by atoms with van der Waals surface area (Å²) >= 11 is 1.21. The second-order valence-corrected chi connectivity index (χ2v) is 23.5. The van der Waals surface area contributed by atoms with Gasteiger partial charge in [0.1, 0.15) is 4.21 Å². The highest BCUT2D eigenvalue weighted by Crippen LogP contribution is 2.78.